The van der Waals surface area contributed by atoms with E-state index in [9.17, 15) is 30.8 Å². The highest BCUT2D eigenvalue weighted by molar-refractivity contribution is 7.91. The number of nitrogens with two attached hydrogens (primary N) is 1. The molecule has 2 aromatic rings. The topological polar surface area (TPSA) is 122 Å². The van der Waals surface area contributed by atoms with Gasteiger partial charge in [0, 0.05) is 6.20 Å². The Bertz CT molecular complexity index is 947. The normalized spacial score (nSPS) is 13.2. The highest BCUT2D eigenvalue weighted by atomic mass is 32.2. The van der Waals surface area contributed by atoms with Crippen molar-refractivity contribution < 1.29 is 35.9 Å². The Hall–Kier alpha value is -2.73. The molecule has 1 heterocycles. The van der Waals surface area contributed by atoms with Crippen LogP contribution in [0.4, 0.5) is 23.2 Å². The number of alkyl halides is 3. The summed E-state index contributed by atoms with van der Waals surface area (Å²) in [6.07, 6.45) is -6.90. The number of aliphatic hydroxyl groups is 1. The van der Waals surface area contributed by atoms with E-state index < -0.39 is 56.7 Å². The molecule has 7 nitrogen and oxygen atoms in total. The lowest BCUT2D eigenvalue weighted by Crippen LogP contribution is -2.41. The number of rotatable bonds is 5. The molecule has 0 aliphatic carbocycles. The molecular weight excluding hydrogens is 394 g/mol. The van der Waals surface area contributed by atoms with Crippen LogP contribution in [0.2, 0.25) is 0 Å². The summed E-state index contributed by atoms with van der Waals surface area (Å²) in [6.45, 7) is -1.13. The minimum Gasteiger partial charge on any atom is -0.397 e. The summed E-state index contributed by atoms with van der Waals surface area (Å²) in [4.78, 5) is 14.8. The van der Waals surface area contributed by atoms with Crippen LogP contribution < -0.4 is 11.1 Å². The highest BCUT2D eigenvalue weighted by Crippen LogP contribution is 2.23. The number of nitrogens with one attached hydrogen (secondary N) is 1. The molecule has 1 aromatic heterocycles. The van der Waals surface area contributed by atoms with Crippen LogP contribution in [0.25, 0.3) is 0 Å². The van der Waals surface area contributed by atoms with E-state index in [4.69, 9.17) is 10.8 Å². The zero-order chi connectivity index (χ0) is 20.4. The van der Waals surface area contributed by atoms with Crippen LogP contribution in [-0.4, -0.2) is 43.2 Å². The monoisotopic (exact) mass is 407 g/mol. The first kappa shape index (κ1) is 20.6. The minimum atomic E-state index is -4.92. The van der Waals surface area contributed by atoms with Gasteiger partial charge in [0.1, 0.15) is 5.82 Å². The SMILES string of the molecule is Nc1cc(S(=O)(=O)c2ccc(F)cc2)cnc1C(=O)NC[C@@H](O)C(F)(F)F. The number of benzene rings is 1. The second-order valence-electron chi connectivity index (χ2n) is 5.33. The van der Waals surface area contributed by atoms with Crippen molar-refractivity contribution in [2.45, 2.75) is 22.1 Å². The smallest absolute Gasteiger partial charge is 0.397 e. The van der Waals surface area contributed by atoms with Crippen LogP contribution >= 0.6 is 0 Å². The van der Waals surface area contributed by atoms with Crippen LogP contribution in [0, 0.1) is 5.82 Å². The van der Waals surface area contributed by atoms with Crippen molar-refractivity contribution in [2.24, 2.45) is 0 Å². The first-order valence-electron chi connectivity index (χ1n) is 7.22. The van der Waals surface area contributed by atoms with Gasteiger partial charge in [0.15, 0.2) is 11.8 Å². The molecule has 1 aromatic carbocycles. The molecule has 2 rings (SSSR count). The molecule has 1 atom stereocenters. The fourth-order valence-electron chi connectivity index (χ4n) is 1.94. The van der Waals surface area contributed by atoms with Gasteiger partial charge in [-0.05, 0) is 30.3 Å². The van der Waals surface area contributed by atoms with Crippen LogP contribution in [0.15, 0.2) is 46.3 Å². The molecule has 0 saturated heterocycles. The zero-order valence-corrected chi connectivity index (χ0v) is 14.2. The molecule has 0 aliphatic rings. The number of hydrogen-bond donors (Lipinski definition) is 3. The van der Waals surface area contributed by atoms with E-state index in [1.54, 1.807) is 5.32 Å². The summed E-state index contributed by atoms with van der Waals surface area (Å²) < 4.78 is 74.4. The van der Waals surface area contributed by atoms with E-state index >= 15 is 0 Å². The number of carbonyl (C=O) groups is 1. The van der Waals surface area contributed by atoms with Crippen molar-refractivity contribution in [1.82, 2.24) is 10.3 Å². The Kier molecular flexibility index (Phi) is 5.70. The zero-order valence-electron chi connectivity index (χ0n) is 13.4. The van der Waals surface area contributed by atoms with Crippen molar-refractivity contribution in [1.29, 1.82) is 0 Å². The van der Waals surface area contributed by atoms with Gasteiger partial charge in [0.05, 0.1) is 22.0 Å². The number of carbonyl (C=O) groups excluding carboxylic acids is 1. The third kappa shape index (κ3) is 4.71. The van der Waals surface area contributed by atoms with Crippen LogP contribution in [-0.2, 0) is 9.84 Å². The number of aliphatic hydroxyl groups excluding tert-OH is 1. The lowest BCUT2D eigenvalue weighted by atomic mass is 10.2. The van der Waals surface area contributed by atoms with E-state index in [-0.39, 0.29) is 4.90 Å². The molecule has 1 amide bonds. The van der Waals surface area contributed by atoms with Gasteiger partial charge in [-0.2, -0.15) is 13.2 Å². The predicted octanol–water partition coefficient (Wildman–Crippen LogP) is 1.29. The number of nitrogens with zero attached hydrogens (tertiary/aromatic N) is 1. The van der Waals surface area contributed by atoms with E-state index in [1.807, 2.05) is 0 Å². The fraction of sp³-hybridized carbons (Fsp3) is 0.200. The van der Waals surface area contributed by atoms with E-state index in [2.05, 4.69) is 4.98 Å². The number of halogens is 4. The Morgan fingerprint density at radius 2 is 1.81 bits per heavy atom. The van der Waals surface area contributed by atoms with Gasteiger partial charge in [0.25, 0.3) is 5.91 Å². The molecule has 0 radical (unpaired) electrons. The molecule has 0 fully saturated rings. The summed E-state index contributed by atoms with van der Waals surface area (Å²) in [6, 6.07) is 4.84. The van der Waals surface area contributed by atoms with Gasteiger partial charge in [-0.1, -0.05) is 0 Å². The Balaban J connectivity index is 2.22. The van der Waals surface area contributed by atoms with E-state index in [0.717, 1.165) is 36.5 Å². The largest absolute Gasteiger partial charge is 0.416 e. The van der Waals surface area contributed by atoms with Gasteiger partial charge in [-0.25, -0.2) is 17.8 Å². The molecule has 0 saturated carbocycles. The van der Waals surface area contributed by atoms with Gasteiger partial charge in [0.2, 0.25) is 9.84 Å². The van der Waals surface area contributed by atoms with Crippen molar-refractivity contribution in [3.8, 4) is 0 Å². The van der Waals surface area contributed by atoms with Gasteiger partial charge >= 0.3 is 6.18 Å². The minimum absolute atomic E-state index is 0.240. The number of anilines is 1. The standard InChI is InChI=1S/C15H13F4N3O4S/c16-8-1-3-9(4-2-8)27(25,26)10-5-11(20)13(21-6-10)14(24)22-7-12(23)15(17,18)19/h1-6,12,23H,7,20H2,(H,22,24)/t12-/m1/s1. The molecule has 0 spiro atoms. The maximum Gasteiger partial charge on any atom is 0.416 e. The van der Waals surface area contributed by atoms with Crippen LogP contribution in [0.3, 0.4) is 0 Å². The summed E-state index contributed by atoms with van der Waals surface area (Å²) in [5.41, 5.74) is 4.66. The summed E-state index contributed by atoms with van der Waals surface area (Å²) in [7, 11) is -4.10. The number of aromatic nitrogens is 1. The summed E-state index contributed by atoms with van der Waals surface area (Å²) >= 11 is 0. The maximum absolute atomic E-state index is 12.9. The number of sulfone groups is 1. The third-order valence-electron chi connectivity index (χ3n) is 3.38. The molecule has 27 heavy (non-hydrogen) atoms. The van der Waals surface area contributed by atoms with Crippen LogP contribution in [0.5, 0.6) is 0 Å². The van der Waals surface area contributed by atoms with Crippen molar-refractivity contribution in [3.63, 3.8) is 0 Å². The number of nitrogen functional groups attached to an aromatic ring is 1. The number of hydrogen-bond acceptors (Lipinski definition) is 6. The molecule has 146 valence electrons. The highest BCUT2D eigenvalue weighted by Gasteiger charge is 2.38. The van der Waals surface area contributed by atoms with Gasteiger partial charge in [-0.3, -0.25) is 4.79 Å². The molecular formula is C15H13F4N3O4S. The molecule has 4 N–H and O–H groups in total. The number of pyridine rings is 1. The predicted molar refractivity (Wildman–Crippen MR) is 84.9 cm³/mol. The van der Waals surface area contributed by atoms with Crippen molar-refractivity contribution in [2.75, 3.05) is 12.3 Å². The quantitative estimate of drug-likeness (QED) is 0.507. The van der Waals surface area contributed by atoms with E-state index in [1.165, 1.54) is 0 Å². The second kappa shape index (κ2) is 7.48. The molecule has 0 aliphatic heterocycles. The fourth-order valence-corrected chi connectivity index (χ4v) is 3.18. The average molecular weight is 407 g/mol. The Morgan fingerprint density at radius 3 is 2.33 bits per heavy atom. The molecule has 0 unspecified atom stereocenters. The lowest BCUT2D eigenvalue weighted by Gasteiger charge is -2.15. The molecule has 0 bridgehead atoms. The lowest BCUT2D eigenvalue weighted by molar-refractivity contribution is -0.201. The molecule has 12 heteroatoms. The number of amides is 1. The first-order chi connectivity index (χ1) is 12.4. The second-order valence-corrected chi connectivity index (χ2v) is 7.28. The average Bonchev–Trinajstić information content (AvgIpc) is 2.58. The Morgan fingerprint density at radius 1 is 1.22 bits per heavy atom. The third-order valence-corrected chi connectivity index (χ3v) is 5.11. The van der Waals surface area contributed by atoms with Crippen LogP contribution in [0.1, 0.15) is 10.5 Å². The van der Waals surface area contributed by atoms with Crippen molar-refractivity contribution in [3.05, 3.63) is 48.0 Å². The van der Waals surface area contributed by atoms with E-state index in [0.29, 0.717) is 0 Å². The Labute approximate surface area is 150 Å². The maximum atomic E-state index is 12.9. The summed E-state index contributed by atoms with van der Waals surface area (Å²) in [5, 5.41) is 10.6. The van der Waals surface area contributed by atoms with Gasteiger partial charge in [-0.15, -0.1) is 0 Å². The first-order valence-corrected chi connectivity index (χ1v) is 8.70. The van der Waals surface area contributed by atoms with Crippen molar-refractivity contribution >= 4 is 21.4 Å². The van der Waals surface area contributed by atoms with Gasteiger partial charge < -0.3 is 16.2 Å². The summed E-state index contributed by atoms with van der Waals surface area (Å²) in [5.74, 6) is -1.76.